The van der Waals surface area contributed by atoms with E-state index < -0.39 is 17.6 Å². The first kappa shape index (κ1) is 20.4. The highest BCUT2D eigenvalue weighted by atomic mass is 19.4. The van der Waals surface area contributed by atoms with Crippen LogP contribution in [0.3, 0.4) is 0 Å². The molecule has 0 saturated carbocycles. The van der Waals surface area contributed by atoms with Gasteiger partial charge in [0.15, 0.2) is 0 Å². The van der Waals surface area contributed by atoms with Crippen molar-refractivity contribution in [2.24, 2.45) is 0 Å². The topological polar surface area (TPSA) is 55.9 Å². The lowest BCUT2D eigenvalue weighted by atomic mass is 10.1. The van der Waals surface area contributed by atoms with Crippen molar-refractivity contribution in [2.75, 3.05) is 56.5 Å². The summed E-state index contributed by atoms with van der Waals surface area (Å²) in [5.41, 5.74) is -0.660. The molecule has 0 aliphatic carbocycles. The number of anilines is 2. The minimum Gasteiger partial charge on any atom is -0.369 e. The number of piperidine rings is 1. The summed E-state index contributed by atoms with van der Waals surface area (Å²) in [6, 6.07) is 3.99. The van der Waals surface area contributed by atoms with Crippen LogP contribution >= 0.6 is 0 Å². The lowest BCUT2D eigenvalue weighted by Crippen LogP contribution is -2.44. The van der Waals surface area contributed by atoms with E-state index in [1.807, 2.05) is 11.9 Å². The van der Waals surface area contributed by atoms with Crippen LogP contribution in [0, 0.1) is 0 Å². The summed E-state index contributed by atoms with van der Waals surface area (Å²) < 4.78 is 40.8. The Kier molecular flexibility index (Phi) is 6.12. The molecular weight excluding hydrogens is 373 g/mol. The van der Waals surface area contributed by atoms with Crippen molar-refractivity contribution in [3.05, 3.63) is 23.8 Å². The normalized spacial score (nSPS) is 19.1. The van der Waals surface area contributed by atoms with E-state index in [1.54, 1.807) is 6.07 Å². The predicted molar refractivity (Wildman–Crippen MR) is 100 cm³/mol. The lowest BCUT2D eigenvalue weighted by Gasteiger charge is -2.34. The number of carbonyl (C=O) groups excluding carboxylic acids is 2. The number of piperazine rings is 1. The molecule has 0 aromatic heterocycles. The molecule has 2 fully saturated rings. The second-order valence-corrected chi connectivity index (χ2v) is 7.34. The maximum absolute atomic E-state index is 13.6. The van der Waals surface area contributed by atoms with E-state index in [0.717, 1.165) is 32.0 Å². The molecule has 1 aromatic carbocycles. The Morgan fingerprint density at radius 2 is 1.82 bits per heavy atom. The number of hydrogen-bond acceptors (Lipinski definition) is 4. The van der Waals surface area contributed by atoms with Gasteiger partial charge in [0.2, 0.25) is 11.8 Å². The van der Waals surface area contributed by atoms with Gasteiger partial charge in [-0.1, -0.05) is 0 Å². The maximum atomic E-state index is 13.6. The van der Waals surface area contributed by atoms with Crippen LogP contribution in [-0.2, 0) is 15.8 Å². The second kappa shape index (κ2) is 8.38. The van der Waals surface area contributed by atoms with E-state index in [1.165, 1.54) is 11.0 Å². The number of benzene rings is 1. The molecule has 3 rings (SSSR count). The minimum atomic E-state index is -4.59. The van der Waals surface area contributed by atoms with Crippen LogP contribution in [0.4, 0.5) is 24.5 Å². The lowest BCUT2D eigenvalue weighted by molar-refractivity contribution is -0.138. The number of nitrogens with zero attached hydrogens (tertiary/aromatic N) is 3. The molecule has 0 atom stereocenters. The first-order valence-electron chi connectivity index (χ1n) is 9.46. The zero-order valence-corrected chi connectivity index (χ0v) is 15.9. The Balaban J connectivity index is 1.74. The van der Waals surface area contributed by atoms with Gasteiger partial charge in [-0.05, 0) is 38.1 Å². The first-order chi connectivity index (χ1) is 13.2. The van der Waals surface area contributed by atoms with Crippen LogP contribution in [0.25, 0.3) is 0 Å². The zero-order valence-electron chi connectivity index (χ0n) is 15.9. The summed E-state index contributed by atoms with van der Waals surface area (Å²) >= 11 is 0. The molecule has 0 bridgehead atoms. The highest BCUT2D eigenvalue weighted by Crippen LogP contribution is 2.37. The Bertz CT molecular complexity index is 730. The fraction of sp³-hybridized carbons (Fsp3) is 0.579. The quantitative estimate of drug-likeness (QED) is 0.846. The molecule has 0 radical (unpaired) electrons. The van der Waals surface area contributed by atoms with Gasteiger partial charge >= 0.3 is 6.18 Å². The first-order valence-corrected chi connectivity index (χ1v) is 9.46. The van der Waals surface area contributed by atoms with Crippen LogP contribution in [0.15, 0.2) is 18.2 Å². The maximum Gasteiger partial charge on any atom is 0.418 e. The third-order valence-corrected chi connectivity index (χ3v) is 5.21. The van der Waals surface area contributed by atoms with E-state index in [4.69, 9.17) is 0 Å². The number of hydrogen-bond donors (Lipinski definition) is 1. The van der Waals surface area contributed by atoms with Gasteiger partial charge in [0, 0.05) is 44.8 Å². The summed E-state index contributed by atoms with van der Waals surface area (Å²) in [6.07, 6.45) is -2.64. The van der Waals surface area contributed by atoms with Crippen molar-refractivity contribution in [3.8, 4) is 0 Å². The number of alkyl halides is 3. The third kappa shape index (κ3) is 4.95. The van der Waals surface area contributed by atoms with Crippen molar-refractivity contribution in [1.82, 2.24) is 9.80 Å². The second-order valence-electron chi connectivity index (χ2n) is 7.34. The molecule has 0 unspecified atom stereocenters. The SMILES string of the molecule is CN1CCN(c2ccc(NC(=O)CN3CCCCC3=O)c(C(F)(F)F)c2)CC1. The number of carbonyl (C=O) groups is 2. The Hall–Kier alpha value is -2.29. The summed E-state index contributed by atoms with van der Waals surface area (Å²) in [6.45, 7) is 3.09. The molecule has 2 aliphatic heterocycles. The van der Waals surface area contributed by atoms with Crippen molar-refractivity contribution in [1.29, 1.82) is 0 Å². The molecule has 2 amide bonds. The van der Waals surface area contributed by atoms with Crippen molar-refractivity contribution in [3.63, 3.8) is 0 Å². The number of likely N-dealkylation sites (N-methyl/N-ethyl adjacent to an activating group) is 1. The smallest absolute Gasteiger partial charge is 0.369 e. The molecule has 6 nitrogen and oxygen atoms in total. The summed E-state index contributed by atoms with van der Waals surface area (Å²) in [5.74, 6) is -0.754. The average molecular weight is 398 g/mol. The van der Waals surface area contributed by atoms with Crippen LogP contribution in [0.5, 0.6) is 0 Å². The Morgan fingerprint density at radius 1 is 1.11 bits per heavy atom. The zero-order chi connectivity index (χ0) is 20.3. The predicted octanol–water partition coefficient (Wildman–Crippen LogP) is 2.41. The largest absolute Gasteiger partial charge is 0.418 e. The standard InChI is InChI=1S/C19H25F3N4O2/c1-24-8-10-25(11-9-24)14-5-6-16(15(12-14)19(20,21)22)23-17(27)13-26-7-3-2-4-18(26)28/h5-6,12H,2-4,7-11,13H2,1H3,(H,23,27). The Labute approximate surface area is 162 Å². The molecule has 1 N–H and O–H groups in total. The van der Waals surface area contributed by atoms with Gasteiger partial charge < -0.3 is 20.0 Å². The van der Waals surface area contributed by atoms with Crippen LogP contribution < -0.4 is 10.2 Å². The third-order valence-electron chi connectivity index (χ3n) is 5.21. The van der Waals surface area contributed by atoms with Gasteiger partial charge in [-0.15, -0.1) is 0 Å². The van der Waals surface area contributed by atoms with Gasteiger partial charge in [-0.3, -0.25) is 9.59 Å². The summed E-state index contributed by atoms with van der Waals surface area (Å²) in [4.78, 5) is 29.5. The molecule has 28 heavy (non-hydrogen) atoms. The van der Waals surface area contributed by atoms with E-state index in [-0.39, 0.29) is 18.1 Å². The molecule has 2 aliphatic rings. The number of nitrogens with one attached hydrogen (secondary N) is 1. The Morgan fingerprint density at radius 3 is 2.46 bits per heavy atom. The molecule has 154 valence electrons. The number of amides is 2. The number of likely N-dealkylation sites (tertiary alicyclic amines) is 1. The highest BCUT2D eigenvalue weighted by Gasteiger charge is 2.35. The van der Waals surface area contributed by atoms with E-state index >= 15 is 0 Å². The fourth-order valence-electron chi connectivity index (χ4n) is 3.53. The van der Waals surface area contributed by atoms with Gasteiger partial charge in [-0.2, -0.15) is 13.2 Å². The molecule has 2 heterocycles. The van der Waals surface area contributed by atoms with Crippen molar-refractivity contribution < 1.29 is 22.8 Å². The van der Waals surface area contributed by atoms with Gasteiger partial charge in [-0.25, -0.2) is 0 Å². The van der Waals surface area contributed by atoms with Crippen LogP contribution in [-0.4, -0.2) is 67.9 Å². The van der Waals surface area contributed by atoms with Crippen molar-refractivity contribution in [2.45, 2.75) is 25.4 Å². The van der Waals surface area contributed by atoms with Gasteiger partial charge in [0.25, 0.3) is 0 Å². The molecular formula is C19H25F3N4O2. The monoisotopic (exact) mass is 398 g/mol. The molecule has 1 aromatic rings. The van der Waals surface area contributed by atoms with E-state index in [0.29, 0.717) is 31.7 Å². The van der Waals surface area contributed by atoms with Gasteiger partial charge in [0.05, 0.1) is 17.8 Å². The number of rotatable bonds is 4. The molecule has 0 spiro atoms. The average Bonchev–Trinajstić information content (AvgIpc) is 2.64. The van der Waals surface area contributed by atoms with Gasteiger partial charge in [0.1, 0.15) is 0 Å². The number of halogens is 3. The summed E-state index contributed by atoms with van der Waals surface area (Å²) in [7, 11) is 1.98. The fourth-order valence-corrected chi connectivity index (χ4v) is 3.53. The minimum absolute atomic E-state index is 0.136. The van der Waals surface area contributed by atoms with E-state index in [2.05, 4.69) is 10.2 Å². The molecule has 2 saturated heterocycles. The highest BCUT2D eigenvalue weighted by molar-refractivity contribution is 5.95. The van der Waals surface area contributed by atoms with Crippen molar-refractivity contribution >= 4 is 23.2 Å². The van der Waals surface area contributed by atoms with Crippen LogP contribution in [0.1, 0.15) is 24.8 Å². The summed E-state index contributed by atoms with van der Waals surface area (Å²) in [5, 5.41) is 2.34. The van der Waals surface area contributed by atoms with E-state index in [9.17, 15) is 22.8 Å². The molecule has 9 heteroatoms. The van der Waals surface area contributed by atoms with Crippen LogP contribution in [0.2, 0.25) is 0 Å².